The Morgan fingerprint density at radius 2 is 1.89 bits per heavy atom. The molecule has 2 rings (SSSR count). The largest absolute Gasteiger partial charge is 0.486 e. The van der Waals surface area contributed by atoms with Crippen LogP contribution in [0.3, 0.4) is 0 Å². The van der Waals surface area contributed by atoms with Gasteiger partial charge in [0.2, 0.25) is 0 Å². The fourth-order valence-corrected chi connectivity index (χ4v) is 1.69. The summed E-state index contributed by atoms with van der Waals surface area (Å²) in [6.45, 7) is 1.58. The summed E-state index contributed by atoms with van der Waals surface area (Å²) in [5.41, 5.74) is 0.637. The number of ether oxygens (including phenoxy) is 1. The molecule has 0 aliphatic heterocycles. The number of halogens is 1. The van der Waals surface area contributed by atoms with Crippen molar-refractivity contribution >= 4 is 5.69 Å². The van der Waals surface area contributed by atoms with Crippen LogP contribution in [0, 0.1) is 22.9 Å². The van der Waals surface area contributed by atoms with Crippen molar-refractivity contribution < 1.29 is 14.1 Å². The van der Waals surface area contributed by atoms with Crippen molar-refractivity contribution in [3.8, 4) is 5.75 Å². The van der Waals surface area contributed by atoms with Gasteiger partial charge in [0.25, 0.3) is 5.69 Å². The lowest BCUT2D eigenvalue weighted by Crippen LogP contribution is -2.00. The fraction of sp³-hybridized carbons (Fsp3) is 0.143. The maximum absolute atomic E-state index is 13.9. The third kappa shape index (κ3) is 2.88. The molecule has 98 valence electrons. The second-order valence-corrected chi connectivity index (χ2v) is 4.05. The molecular weight excluding hydrogens is 249 g/mol. The molecule has 2 aromatic carbocycles. The second-order valence-electron chi connectivity index (χ2n) is 4.05. The van der Waals surface area contributed by atoms with E-state index in [1.54, 1.807) is 0 Å². The predicted molar refractivity (Wildman–Crippen MR) is 68.6 cm³/mol. The van der Waals surface area contributed by atoms with Gasteiger partial charge < -0.3 is 4.74 Å². The highest BCUT2D eigenvalue weighted by molar-refractivity contribution is 5.45. The molecule has 0 aromatic heterocycles. The van der Waals surface area contributed by atoms with Gasteiger partial charge in [0.15, 0.2) is 11.6 Å². The quantitative estimate of drug-likeness (QED) is 0.624. The molecule has 0 N–H and O–H groups in total. The number of nitrogens with zero attached hydrogens (tertiary/aromatic N) is 1. The summed E-state index contributed by atoms with van der Waals surface area (Å²) in [5.74, 6) is -0.669. The van der Waals surface area contributed by atoms with Crippen molar-refractivity contribution in [1.82, 2.24) is 0 Å². The van der Waals surface area contributed by atoms with E-state index < -0.39 is 10.7 Å². The molecule has 0 aliphatic carbocycles. The lowest BCUT2D eigenvalue weighted by molar-refractivity contribution is -0.385. The number of hydrogen-bond acceptors (Lipinski definition) is 3. The van der Waals surface area contributed by atoms with Crippen LogP contribution >= 0.6 is 0 Å². The lowest BCUT2D eigenvalue weighted by Gasteiger charge is -2.08. The van der Waals surface area contributed by atoms with Gasteiger partial charge in [-0.25, -0.2) is 4.39 Å². The van der Waals surface area contributed by atoms with Crippen molar-refractivity contribution in [2.45, 2.75) is 13.5 Å². The van der Waals surface area contributed by atoms with Gasteiger partial charge in [-0.2, -0.15) is 0 Å². The molecule has 0 amide bonds. The molecule has 0 heterocycles. The maximum Gasteiger partial charge on any atom is 0.275 e. The minimum Gasteiger partial charge on any atom is -0.486 e. The van der Waals surface area contributed by atoms with Crippen LogP contribution in [-0.2, 0) is 6.61 Å². The monoisotopic (exact) mass is 261 g/mol. The highest BCUT2D eigenvalue weighted by atomic mass is 19.1. The summed E-state index contributed by atoms with van der Waals surface area (Å²) in [4.78, 5) is 10.1. The minimum atomic E-state index is -0.690. The Morgan fingerprint density at radius 1 is 1.21 bits per heavy atom. The van der Waals surface area contributed by atoms with E-state index in [1.807, 2.05) is 30.3 Å². The first-order valence-corrected chi connectivity index (χ1v) is 5.70. The summed E-state index contributed by atoms with van der Waals surface area (Å²) in [5, 5.41) is 10.7. The predicted octanol–water partition coefficient (Wildman–Crippen LogP) is 3.62. The van der Waals surface area contributed by atoms with Crippen molar-refractivity contribution in [1.29, 1.82) is 0 Å². The zero-order valence-electron chi connectivity index (χ0n) is 10.3. The molecule has 2 aromatic rings. The smallest absolute Gasteiger partial charge is 0.275 e. The highest BCUT2D eigenvalue weighted by Gasteiger charge is 2.18. The van der Waals surface area contributed by atoms with Crippen molar-refractivity contribution in [2.75, 3.05) is 0 Å². The van der Waals surface area contributed by atoms with Gasteiger partial charge in [0.05, 0.1) is 10.5 Å². The van der Waals surface area contributed by atoms with Crippen molar-refractivity contribution in [3.05, 3.63) is 69.5 Å². The fourth-order valence-electron chi connectivity index (χ4n) is 1.69. The zero-order chi connectivity index (χ0) is 13.8. The standard InChI is InChI=1S/C14H12FNO3/c1-10-12(16(17)18)7-8-13(14(10)15)19-9-11-5-3-2-4-6-11/h2-8H,9H2,1H3. The van der Waals surface area contributed by atoms with E-state index in [0.29, 0.717) is 0 Å². The summed E-state index contributed by atoms with van der Waals surface area (Å²) in [6.07, 6.45) is 0. The number of nitro benzene ring substituents is 1. The molecule has 0 aliphatic rings. The van der Waals surface area contributed by atoms with Crippen LogP contribution in [0.15, 0.2) is 42.5 Å². The third-order valence-corrected chi connectivity index (χ3v) is 2.76. The highest BCUT2D eigenvalue weighted by Crippen LogP contribution is 2.28. The van der Waals surface area contributed by atoms with Gasteiger partial charge in [0, 0.05) is 6.07 Å². The first kappa shape index (κ1) is 13.0. The van der Waals surface area contributed by atoms with E-state index in [0.717, 1.165) is 5.56 Å². The van der Waals surface area contributed by atoms with E-state index in [-0.39, 0.29) is 23.6 Å². The van der Waals surface area contributed by atoms with Crippen LogP contribution < -0.4 is 4.74 Å². The number of benzene rings is 2. The molecule has 0 atom stereocenters. The Morgan fingerprint density at radius 3 is 2.53 bits per heavy atom. The average molecular weight is 261 g/mol. The molecule has 0 fully saturated rings. The molecule has 0 spiro atoms. The molecule has 0 saturated carbocycles. The molecular formula is C14H12FNO3. The van der Waals surface area contributed by atoms with Gasteiger partial charge in [-0.15, -0.1) is 0 Å². The Kier molecular flexibility index (Phi) is 3.75. The number of hydrogen-bond donors (Lipinski definition) is 0. The van der Waals surface area contributed by atoms with E-state index in [2.05, 4.69) is 0 Å². The van der Waals surface area contributed by atoms with Gasteiger partial charge in [-0.1, -0.05) is 30.3 Å². The van der Waals surface area contributed by atoms with E-state index in [9.17, 15) is 14.5 Å². The first-order valence-electron chi connectivity index (χ1n) is 5.70. The Labute approximate surface area is 109 Å². The average Bonchev–Trinajstić information content (AvgIpc) is 2.41. The summed E-state index contributed by atoms with van der Waals surface area (Å²) >= 11 is 0. The van der Waals surface area contributed by atoms with Crippen LogP contribution in [-0.4, -0.2) is 4.92 Å². The van der Waals surface area contributed by atoms with Gasteiger partial charge >= 0.3 is 0 Å². The third-order valence-electron chi connectivity index (χ3n) is 2.76. The van der Waals surface area contributed by atoms with Crippen LogP contribution in [0.25, 0.3) is 0 Å². The molecule has 0 unspecified atom stereocenters. The molecule has 0 radical (unpaired) electrons. The minimum absolute atomic E-state index is 0.0180. The van der Waals surface area contributed by atoms with Crippen LogP contribution in [0.4, 0.5) is 10.1 Å². The Hall–Kier alpha value is -2.43. The van der Waals surface area contributed by atoms with E-state index in [1.165, 1.54) is 19.1 Å². The van der Waals surface area contributed by atoms with Gasteiger partial charge in [-0.05, 0) is 18.6 Å². The topological polar surface area (TPSA) is 52.4 Å². The number of rotatable bonds is 4. The Bertz CT molecular complexity index is 599. The molecule has 0 saturated heterocycles. The van der Waals surface area contributed by atoms with Crippen LogP contribution in [0.5, 0.6) is 5.75 Å². The molecule has 19 heavy (non-hydrogen) atoms. The number of nitro groups is 1. The normalized spacial score (nSPS) is 10.2. The lowest BCUT2D eigenvalue weighted by atomic mass is 10.2. The first-order chi connectivity index (χ1) is 9.09. The summed E-state index contributed by atoms with van der Waals surface area (Å²) in [6, 6.07) is 11.8. The SMILES string of the molecule is Cc1c([N+](=O)[O-])ccc(OCc2ccccc2)c1F. The maximum atomic E-state index is 13.9. The van der Waals surface area contributed by atoms with Crippen LogP contribution in [0.1, 0.15) is 11.1 Å². The van der Waals surface area contributed by atoms with Gasteiger partial charge in [-0.3, -0.25) is 10.1 Å². The zero-order valence-corrected chi connectivity index (χ0v) is 10.3. The van der Waals surface area contributed by atoms with E-state index >= 15 is 0 Å². The second kappa shape index (κ2) is 5.48. The van der Waals surface area contributed by atoms with Crippen LogP contribution in [0.2, 0.25) is 0 Å². The molecule has 5 heteroatoms. The molecule has 4 nitrogen and oxygen atoms in total. The van der Waals surface area contributed by atoms with Crippen molar-refractivity contribution in [3.63, 3.8) is 0 Å². The van der Waals surface area contributed by atoms with Crippen molar-refractivity contribution in [2.24, 2.45) is 0 Å². The van der Waals surface area contributed by atoms with Gasteiger partial charge in [0.1, 0.15) is 6.61 Å². The summed E-state index contributed by atoms with van der Waals surface area (Å²) in [7, 11) is 0. The molecule has 0 bridgehead atoms. The van der Waals surface area contributed by atoms with E-state index in [4.69, 9.17) is 4.74 Å². The Balaban J connectivity index is 2.18. The summed E-state index contributed by atoms with van der Waals surface area (Å²) < 4.78 is 19.2.